The van der Waals surface area contributed by atoms with Crippen molar-refractivity contribution >= 4 is 35.6 Å². The average molecular weight is 376 g/mol. The number of hydrogen-bond donors (Lipinski definition) is 3. The first-order valence-corrected chi connectivity index (χ1v) is 8.65. The molecule has 6 heteroatoms. The molecule has 0 heterocycles. The summed E-state index contributed by atoms with van der Waals surface area (Å²) in [5.41, 5.74) is 7.37. The minimum Gasteiger partial charge on any atom is -0.330 e. The van der Waals surface area contributed by atoms with E-state index >= 15 is 0 Å². The van der Waals surface area contributed by atoms with Gasteiger partial charge in [-0.3, -0.25) is 9.59 Å². The predicted molar refractivity (Wildman–Crippen MR) is 109 cm³/mol. The average Bonchev–Trinajstić information content (AvgIpc) is 2.62. The molecule has 140 valence electrons. The van der Waals surface area contributed by atoms with Gasteiger partial charge in [-0.05, 0) is 49.7 Å². The Morgan fingerprint density at radius 1 is 0.808 bits per heavy atom. The van der Waals surface area contributed by atoms with Crippen LogP contribution in [0.4, 0.5) is 11.4 Å². The lowest BCUT2D eigenvalue weighted by molar-refractivity contribution is -0.116. The molecular formula is C20H26ClN3O2. The summed E-state index contributed by atoms with van der Waals surface area (Å²) in [7, 11) is 0. The van der Waals surface area contributed by atoms with Crippen molar-refractivity contribution in [2.75, 3.05) is 17.2 Å². The number of nitrogens with one attached hydrogen (secondary N) is 2. The van der Waals surface area contributed by atoms with Crippen LogP contribution in [0.15, 0.2) is 54.6 Å². The highest BCUT2D eigenvalue weighted by Crippen LogP contribution is 2.17. The SMILES string of the molecule is Cl.NCCCCCCC(=O)Nc1cccc(NC(=O)c2ccccc2)c1. The van der Waals surface area contributed by atoms with E-state index in [0.29, 0.717) is 29.9 Å². The largest absolute Gasteiger partial charge is 0.330 e. The third-order valence-electron chi connectivity index (χ3n) is 3.80. The summed E-state index contributed by atoms with van der Waals surface area (Å²) in [5.74, 6) is -0.191. The highest BCUT2D eigenvalue weighted by Gasteiger charge is 2.07. The zero-order valence-corrected chi connectivity index (χ0v) is 15.6. The summed E-state index contributed by atoms with van der Waals surface area (Å²) in [6.07, 6.45) is 4.43. The molecule has 0 saturated heterocycles. The molecule has 0 aromatic heterocycles. The Morgan fingerprint density at radius 2 is 1.46 bits per heavy atom. The van der Waals surface area contributed by atoms with Crippen LogP contribution in [0.5, 0.6) is 0 Å². The molecule has 2 rings (SSSR count). The van der Waals surface area contributed by atoms with Gasteiger partial charge in [-0.2, -0.15) is 0 Å². The molecule has 5 nitrogen and oxygen atoms in total. The van der Waals surface area contributed by atoms with E-state index in [2.05, 4.69) is 10.6 Å². The topological polar surface area (TPSA) is 84.2 Å². The van der Waals surface area contributed by atoms with Crippen molar-refractivity contribution in [3.05, 3.63) is 60.2 Å². The lowest BCUT2D eigenvalue weighted by atomic mass is 10.1. The van der Waals surface area contributed by atoms with Gasteiger partial charge < -0.3 is 16.4 Å². The number of carbonyl (C=O) groups is 2. The maximum atomic E-state index is 12.2. The van der Waals surface area contributed by atoms with Crippen LogP contribution < -0.4 is 16.4 Å². The normalized spacial score (nSPS) is 9.88. The fraction of sp³-hybridized carbons (Fsp3) is 0.300. The second-order valence-corrected chi connectivity index (χ2v) is 5.90. The first-order valence-electron chi connectivity index (χ1n) is 8.65. The van der Waals surface area contributed by atoms with Crippen molar-refractivity contribution in [1.82, 2.24) is 0 Å². The van der Waals surface area contributed by atoms with E-state index in [1.807, 2.05) is 24.3 Å². The molecule has 0 bridgehead atoms. The monoisotopic (exact) mass is 375 g/mol. The Hall–Kier alpha value is -2.37. The smallest absolute Gasteiger partial charge is 0.255 e. The third-order valence-corrected chi connectivity index (χ3v) is 3.80. The van der Waals surface area contributed by atoms with Crippen molar-refractivity contribution in [2.45, 2.75) is 32.1 Å². The second kappa shape index (κ2) is 12.1. The molecule has 0 unspecified atom stereocenters. The predicted octanol–water partition coefficient (Wildman–Crippen LogP) is 4.21. The Bertz CT molecular complexity index is 692. The van der Waals surface area contributed by atoms with Gasteiger partial charge in [0.05, 0.1) is 0 Å². The van der Waals surface area contributed by atoms with E-state index in [1.54, 1.807) is 30.3 Å². The Morgan fingerprint density at radius 3 is 2.15 bits per heavy atom. The summed E-state index contributed by atoms with van der Waals surface area (Å²) in [6, 6.07) is 16.2. The van der Waals surface area contributed by atoms with Crippen LogP contribution in [0.3, 0.4) is 0 Å². The maximum Gasteiger partial charge on any atom is 0.255 e. The van der Waals surface area contributed by atoms with Gasteiger partial charge >= 0.3 is 0 Å². The second-order valence-electron chi connectivity index (χ2n) is 5.90. The summed E-state index contributed by atoms with van der Waals surface area (Å²) >= 11 is 0. The molecule has 0 aliphatic carbocycles. The van der Waals surface area contributed by atoms with Gasteiger partial charge in [0.25, 0.3) is 5.91 Å². The van der Waals surface area contributed by atoms with Crippen LogP contribution in [0.2, 0.25) is 0 Å². The van der Waals surface area contributed by atoms with Crippen LogP contribution in [0.1, 0.15) is 42.5 Å². The third kappa shape index (κ3) is 7.68. The van der Waals surface area contributed by atoms with E-state index in [1.165, 1.54) is 0 Å². The molecule has 0 aliphatic rings. The van der Waals surface area contributed by atoms with Crippen molar-refractivity contribution < 1.29 is 9.59 Å². The number of carbonyl (C=O) groups excluding carboxylic acids is 2. The number of unbranched alkanes of at least 4 members (excludes halogenated alkanes) is 3. The lowest BCUT2D eigenvalue weighted by Gasteiger charge is -2.09. The number of amides is 2. The van der Waals surface area contributed by atoms with Crippen molar-refractivity contribution in [1.29, 1.82) is 0 Å². The minimum atomic E-state index is -0.177. The molecule has 2 amide bonds. The molecule has 0 aliphatic heterocycles. The summed E-state index contributed by atoms with van der Waals surface area (Å²) in [4.78, 5) is 24.1. The molecule has 0 spiro atoms. The van der Waals surface area contributed by atoms with Crippen LogP contribution in [0, 0.1) is 0 Å². The zero-order valence-electron chi connectivity index (χ0n) is 14.7. The zero-order chi connectivity index (χ0) is 17.9. The molecule has 0 saturated carbocycles. The van der Waals surface area contributed by atoms with Gasteiger partial charge in [0.2, 0.25) is 5.91 Å². The van der Waals surface area contributed by atoms with Gasteiger partial charge in [0.1, 0.15) is 0 Å². The maximum absolute atomic E-state index is 12.2. The van der Waals surface area contributed by atoms with E-state index in [4.69, 9.17) is 5.73 Å². The number of benzene rings is 2. The molecule has 26 heavy (non-hydrogen) atoms. The number of halogens is 1. The number of rotatable bonds is 9. The Balaban J connectivity index is 0.00000338. The van der Waals surface area contributed by atoms with Crippen LogP contribution in [-0.4, -0.2) is 18.4 Å². The summed E-state index contributed by atoms with van der Waals surface area (Å²) in [6.45, 7) is 0.702. The molecular weight excluding hydrogens is 350 g/mol. The van der Waals surface area contributed by atoms with E-state index in [9.17, 15) is 9.59 Å². The van der Waals surface area contributed by atoms with Crippen molar-refractivity contribution in [3.63, 3.8) is 0 Å². The van der Waals surface area contributed by atoms with Gasteiger partial charge in [-0.25, -0.2) is 0 Å². The Labute approximate surface area is 160 Å². The fourth-order valence-electron chi connectivity index (χ4n) is 2.47. The van der Waals surface area contributed by atoms with Gasteiger partial charge in [0, 0.05) is 23.4 Å². The fourth-order valence-corrected chi connectivity index (χ4v) is 2.47. The van der Waals surface area contributed by atoms with Gasteiger partial charge in [0.15, 0.2) is 0 Å². The number of hydrogen-bond acceptors (Lipinski definition) is 3. The van der Waals surface area contributed by atoms with Crippen LogP contribution in [-0.2, 0) is 4.79 Å². The van der Waals surface area contributed by atoms with Gasteiger partial charge in [-0.1, -0.05) is 37.1 Å². The number of anilines is 2. The Kier molecular flexibility index (Phi) is 10.1. The number of nitrogens with two attached hydrogens (primary N) is 1. The first-order chi connectivity index (χ1) is 12.2. The molecule has 0 atom stereocenters. The van der Waals surface area contributed by atoms with Crippen molar-refractivity contribution in [2.24, 2.45) is 5.73 Å². The van der Waals surface area contributed by atoms with E-state index in [-0.39, 0.29) is 24.2 Å². The van der Waals surface area contributed by atoms with Crippen molar-refractivity contribution in [3.8, 4) is 0 Å². The van der Waals surface area contributed by atoms with Crippen LogP contribution in [0.25, 0.3) is 0 Å². The minimum absolute atomic E-state index is 0. The summed E-state index contributed by atoms with van der Waals surface area (Å²) < 4.78 is 0. The molecule has 4 N–H and O–H groups in total. The molecule has 2 aromatic rings. The van der Waals surface area contributed by atoms with E-state index in [0.717, 1.165) is 25.7 Å². The quantitative estimate of drug-likeness (QED) is 0.574. The highest BCUT2D eigenvalue weighted by atomic mass is 35.5. The molecule has 2 aromatic carbocycles. The first kappa shape index (κ1) is 21.7. The van der Waals surface area contributed by atoms with E-state index < -0.39 is 0 Å². The standard InChI is InChI=1S/C20H25N3O2.ClH/c21-14-7-2-1-6-13-19(24)22-17-11-8-12-18(15-17)23-20(25)16-9-4-3-5-10-16;/h3-5,8-12,15H,1-2,6-7,13-14,21H2,(H,22,24)(H,23,25);1H. The molecule has 0 radical (unpaired) electrons. The van der Waals surface area contributed by atoms with Gasteiger partial charge in [-0.15, -0.1) is 12.4 Å². The highest BCUT2D eigenvalue weighted by molar-refractivity contribution is 6.04. The molecule has 0 fully saturated rings. The lowest BCUT2D eigenvalue weighted by Crippen LogP contribution is -2.13. The summed E-state index contributed by atoms with van der Waals surface area (Å²) in [5, 5.41) is 5.71. The van der Waals surface area contributed by atoms with Crippen LogP contribution >= 0.6 is 12.4 Å².